The molecule has 0 spiro atoms. The third-order valence-corrected chi connectivity index (χ3v) is 5.21. The Balaban J connectivity index is 1.81. The van der Waals surface area contributed by atoms with E-state index >= 15 is 0 Å². The lowest BCUT2D eigenvalue weighted by atomic mass is 9.86. The quantitative estimate of drug-likeness (QED) is 0.856. The van der Waals surface area contributed by atoms with Crippen molar-refractivity contribution >= 4 is 5.91 Å². The van der Waals surface area contributed by atoms with E-state index in [1.807, 2.05) is 0 Å². The molecule has 1 amide bonds. The Hall–Kier alpha value is -1.60. The number of likely N-dealkylation sites (tertiary alicyclic amines) is 1. The molecule has 0 bridgehead atoms. The first-order valence-corrected chi connectivity index (χ1v) is 8.59. The summed E-state index contributed by atoms with van der Waals surface area (Å²) in [5.74, 6) is -0.368. The summed E-state index contributed by atoms with van der Waals surface area (Å²) in [6.07, 6.45) is -3.07. The number of carbonyl (C=O) groups is 1. The Morgan fingerprint density at radius 2 is 1.76 bits per heavy atom. The van der Waals surface area contributed by atoms with Gasteiger partial charge in [-0.1, -0.05) is 12.1 Å². The molecule has 1 saturated carbocycles. The van der Waals surface area contributed by atoms with Gasteiger partial charge in [0.25, 0.3) is 0 Å². The van der Waals surface area contributed by atoms with Crippen LogP contribution >= 0.6 is 0 Å². The number of hydrogen-bond acceptors (Lipinski definition) is 3. The van der Waals surface area contributed by atoms with Gasteiger partial charge in [0.1, 0.15) is 0 Å². The van der Waals surface area contributed by atoms with Crippen LogP contribution in [0.5, 0.6) is 0 Å². The molecule has 7 heteroatoms. The van der Waals surface area contributed by atoms with Gasteiger partial charge in [-0.2, -0.15) is 13.2 Å². The van der Waals surface area contributed by atoms with Gasteiger partial charge in [-0.15, -0.1) is 0 Å². The van der Waals surface area contributed by atoms with Gasteiger partial charge in [-0.25, -0.2) is 0 Å². The van der Waals surface area contributed by atoms with Crippen molar-refractivity contribution in [2.45, 2.75) is 56.5 Å². The number of halogens is 3. The molecule has 0 unspecified atom stereocenters. The van der Waals surface area contributed by atoms with Crippen molar-refractivity contribution in [2.75, 3.05) is 6.54 Å². The van der Waals surface area contributed by atoms with Crippen molar-refractivity contribution in [2.24, 2.45) is 5.92 Å². The van der Waals surface area contributed by atoms with Gasteiger partial charge in [-0.05, 0) is 49.8 Å². The molecule has 3 rings (SSSR count). The molecule has 1 heterocycles. The third kappa shape index (κ3) is 3.98. The highest BCUT2D eigenvalue weighted by Crippen LogP contribution is 2.38. The van der Waals surface area contributed by atoms with Crippen LogP contribution in [0.15, 0.2) is 24.3 Å². The Kier molecular flexibility index (Phi) is 5.06. The predicted molar refractivity (Wildman–Crippen MR) is 84.5 cm³/mol. The Labute approximate surface area is 144 Å². The fraction of sp³-hybridized carbons (Fsp3) is 0.611. The lowest BCUT2D eigenvalue weighted by molar-refractivity contribution is -0.138. The second-order valence-corrected chi connectivity index (χ2v) is 7.02. The highest BCUT2D eigenvalue weighted by atomic mass is 19.4. The van der Waals surface area contributed by atoms with Gasteiger partial charge < -0.3 is 15.1 Å². The highest BCUT2D eigenvalue weighted by molar-refractivity contribution is 5.80. The van der Waals surface area contributed by atoms with Crippen LogP contribution in [0.25, 0.3) is 0 Å². The molecule has 1 aliphatic carbocycles. The minimum absolute atomic E-state index is 0.133. The number of aliphatic hydroxyl groups is 2. The van der Waals surface area contributed by atoms with E-state index in [2.05, 4.69) is 0 Å². The zero-order valence-electron chi connectivity index (χ0n) is 13.7. The fourth-order valence-electron chi connectivity index (χ4n) is 3.85. The van der Waals surface area contributed by atoms with Gasteiger partial charge in [0.2, 0.25) is 5.91 Å². The maximum absolute atomic E-state index is 13.0. The van der Waals surface area contributed by atoms with Crippen LogP contribution in [0, 0.1) is 5.92 Å². The Morgan fingerprint density at radius 3 is 2.40 bits per heavy atom. The van der Waals surface area contributed by atoms with Gasteiger partial charge in [0.15, 0.2) is 0 Å². The predicted octanol–water partition coefficient (Wildman–Crippen LogP) is 2.89. The Bertz CT molecular complexity index is 626. The number of β-amino-alcohol motifs (C(OH)–C–C–N with tert-alkyl or cyclic N) is 1. The smallest absolute Gasteiger partial charge is 0.393 e. The van der Waals surface area contributed by atoms with Crippen LogP contribution in [0.2, 0.25) is 0 Å². The largest absolute Gasteiger partial charge is 0.416 e. The summed E-state index contributed by atoms with van der Waals surface area (Å²) in [4.78, 5) is 14.3. The van der Waals surface area contributed by atoms with E-state index in [4.69, 9.17) is 0 Å². The maximum Gasteiger partial charge on any atom is 0.416 e. The topological polar surface area (TPSA) is 60.8 Å². The minimum atomic E-state index is -4.44. The number of aliphatic hydroxyl groups excluding tert-OH is 2. The van der Waals surface area contributed by atoms with Crippen LogP contribution in [0.3, 0.4) is 0 Å². The first-order chi connectivity index (χ1) is 11.8. The molecule has 2 aliphatic rings. The normalized spacial score (nSPS) is 30.5. The number of amides is 1. The van der Waals surface area contributed by atoms with Gasteiger partial charge in [0.05, 0.1) is 23.8 Å². The molecule has 1 aromatic rings. The van der Waals surface area contributed by atoms with E-state index in [9.17, 15) is 28.2 Å². The van der Waals surface area contributed by atoms with Crippen molar-refractivity contribution in [1.82, 2.24) is 4.90 Å². The van der Waals surface area contributed by atoms with E-state index in [1.165, 1.54) is 11.0 Å². The monoisotopic (exact) mass is 357 g/mol. The Morgan fingerprint density at radius 1 is 1.08 bits per heavy atom. The SMILES string of the molecule is O=C(C1CCC(O)CC1)N1C[C@H](O)C[C@H]1c1cccc(C(F)(F)F)c1. The summed E-state index contributed by atoms with van der Waals surface area (Å²) < 4.78 is 38.9. The summed E-state index contributed by atoms with van der Waals surface area (Å²) in [7, 11) is 0. The average molecular weight is 357 g/mol. The van der Waals surface area contributed by atoms with E-state index in [1.54, 1.807) is 6.07 Å². The van der Waals surface area contributed by atoms with Gasteiger partial charge >= 0.3 is 6.18 Å². The number of rotatable bonds is 2. The molecular weight excluding hydrogens is 335 g/mol. The molecule has 2 fully saturated rings. The lowest BCUT2D eigenvalue weighted by Gasteiger charge is -2.32. The molecule has 4 nitrogen and oxygen atoms in total. The number of nitrogens with zero attached hydrogens (tertiary/aromatic N) is 1. The molecule has 0 radical (unpaired) electrons. The van der Waals surface area contributed by atoms with Crippen LogP contribution in [-0.2, 0) is 11.0 Å². The van der Waals surface area contributed by atoms with Crippen LogP contribution in [-0.4, -0.2) is 39.8 Å². The van der Waals surface area contributed by atoms with Crippen molar-refractivity contribution < 1.29 is 28.2 Å². The van der Waals surface area contributed by atoms with Gasteiger partial charge in [0, 0.05) is 12.5 Å². The second kappa shape index (κ2) is 6.96. The molecule has 1 aromatic carbocycles. The van der Waals surface area contributed by atoms with E-state index in [-0.39, 0.29) is 30.9 Å². The fourth-order valence-corrected chi connectivity index (χ4v) is 3.85. The summed E-state index contributed by atoms with van der Waals surface area (Å²) in [6.45, 7) is 0.138. The van der Waals surface area contributed by atoms with Crippen LogP contribution in [0.1, 0.15) is 49.3 Å². The van der Waals surface area contributed by atoms with Crippen molar-refractivity contribution in [3.8, 4) is 0 Å². The van der Waals surface area contributed by atoms with Crippen molar-refractivity contribution in [1.29, 1.82) is 0 Å². The van der Waals surface area contributed by atoms with Gasteiger partial charge in [-0.3, -0.25) is 4.79 Å². The van der Waals surface area contributed by atoms with Crippen LogP contribution in [0.4, 0.5) is 13.2 Å². The molecule has 138 valence electrons. The summed E-state index contributed by atoms with van der Waals surface area (Å²) in [5, 5.41) is 19.6. The zero-order chi connectivity index (χ0) is 18.2. The first kappa shape index (κ1) is 18.2. The van der Waals surface area contributed by atoms with Crippen LogP contribution < -0.4 is 0 Å². The van der Waals surface area contributed by atoms with Crippen molar-refractivity contribution in [3.05, 3.63) is 35.4 Å². The number of hydrogen-bond donors (Lipinski definition) is 2. The maximum atomic E-state index is 13.0. The van der Waals surface area contributed by atoms with E-state index in [0.717, 1.165) is 12.1 Å². The zero-order valence-corrected chi connectivity index (χ0v) is 13.7. The molecule has 2 atom stereocenters. The van der Waals surface area contributed by atoms with E-state index in [0.29, 0.717) is 31.2 Å². The second-order valence-electron chi connectivity index (χ2n) is 7.02. The highest BCUT2D eigenvalue weighted by Gasteiger charge is 2.40. The van der Waals surface area contributed by atoms with Crippen molar-refractivity contribution in [3.63, 3.8) is 0 Å². The molecule has 2 N–H and O–H groups in total. The lowest BCUT2D eigenvalue weighted by Crippen LogP contribution is -2.38. The average Bonchev–Trinajstić information content (AvgIpc) is 2.96. The molecular formula is C18H22F3NO3. The number of alkyl halides is 3. The third-order valence-electron chi connectivity index (χ3n) is 5.21. The number of benzene rings is 1. The minimum Gasteiger partial charge on any atom is -0.393 e. The first-order valence-electron chi connectivity index (χ1n) is 8.59. The molecule has 1 aliphatic heterocycles. The summed E-state index contributed by atoms with van der Waals surface area (Å²) in [6, 6.07) is 4.43. The summed E-state index contributed by atoms with van der Waals surface area (Å²) in [5.41, 5.74) is -0.352. The molecule has 25 heavy (non-hydrogen) atoms. The molecule has 1 saturated heterocycles. The number of carbonyl (C=O) groups excluding carboxylic acids is 1. The summed E-state index contributed by atoms with van der Waals surface area (Å²) >= 11 is 0. The van der Waals surface area contributed by atoms with E-state index < -0.39 is 23.9 Å². The standard InChI is InChI=1S/C18H22F3NO3/c19-18(20,21)13-3-1-2-12(8-13)16-9-15(24)10-22(16)17(25)11-4-6-14(23)7-5-11/h1-3,8,11,14-16,23-24H,4-7,9-10H2/t11?,14?,15-,16+/m1/s1. The molecule has 0 aromatic heterocycles.